The fourth-order valence-electron chi connectivity index (χ4n) is 10.2. The minimum Gasteiger partial charge on any atom is -0.485 e. The highest BCUT2D eigenvalue weighted by Gasteiger charge is 2.48. The molecule has 0 saturated carbocycles. The summed E-state index contributed by atoms with van der Waals surface area (Å²) in [6.07, 6.45) is 5.89. The number of hydrogen-bond acceptors (Lipinski definition) is 4. The van der Waals surface area contributed by atoms with Gasteiger partial charge in [-0.3, -0.25) is 9.88 Å². The predicted octanol–water partition coefficient (Wildman–Crippen LogP) is 10.6. The number of benzene rings is 7. The number of fused-ring (bicyclic) bond motifs is 10. The Bertz CT molecular complexity index is 2920. The van der Waals surface area contributed by atoms with E-state index in [0.717, 1.165) is 33.9 Å². The maximum absolute atomic E-state index is 6.75. The second-order valence-electron chi connectivity index (χ2n) is 15.4. The SMILES string of the molecule is C1=CC2c3ccccc3OC2C(C2N=C(n3c4ccccc4c4ccc5c(c43)C(c3ccccc3)(c3ccccc3)c3ccccc3-5)NC(c3ccccc3)N2)=C1. The Kier molecular flexibility index (Phi) is 7.10. The molecule has 4 aliphatic rings. The van der Waals surface area contributed by atoms with Crippen LogP contribution in [0.5, 0.6) is 5.75 Å². The van der Waals surface area contributed by atoms with Crippen molar-refractivity contribution in [3.05, 3.63) is 233 Å². The van der Waals surface area contributed by atoms with Gasteiger partial charge in [-0.15, -0.1) is 0 Å². The molecule has 5 heteroatoms. The number of nitrogens with zero attached hydrogens (tertiary/aromatic N) is 2. The highest BCUT2D eigenvalue weighted by Crippen LogP contribution is 2.58. The molecule has 0 spiro atoms. The average Bonchev–Trinajstić information content (AvgIpc) is 3.94. The maximum Gasteiger partial charge on any atom is 0.206 e. The fraction of sp³-hybridized carbons (Fsp3) is 0.0962. The molecular weight excluding hydrogens is 697 g/mol. The number of rotatable bonds is 4. The van der Waals surface area contributed by atoms with Gasteiger partial charge in [0.1, 0.15) is 24.2 Å². The molecule has 0 bridgehead atoms. The van der Waals surface area contributed by atoms with E-state index in [2.05, 4.69) is 209 Å². The first-order chi connectivity index (χ1) is 28.3. The van der Waals surface area contributed by atoms with Crippen molar-refractivity contribution >= 4 is 27.8 Å². The lowest BCUT2D eigenvalue weighted by atomic mass is 9.67. The molecule has 272 valence electrons. The van der Waals surface area contributed by atoms with E-state index in [-0.39, 0.29) is 24.4 Å². The zero-order chi connectivity index (χ0) is 37.5. The van der Waals surface area contributed by atoms with Crippen LogP contribution < -0.4 is 15.4 Å². The van der Waals surface area contributed by atoms with E-state index in [1.807, 2.05) is 0 Å². The standard InChI is InChI=1S/C52H38N4O/c1-4-17-33(18-5-1)49-53-50(42-27-16-26-41-38-25-12-15-30-45(38)57-48(41)42)55-51(54-49)56-44-29-14-11-24-37(44)40-32-31-39-36-23-10-13-28-43(36)52(46(39)47(40)56,34-19-6-2-7-20-34)35-21-8-3-9-22-35/h1-32,41,48-50,53H,(H,54,55). The number of aliphatic imine (C=N–C) groups is 1. The fourth-order valence-corrected chi connectivity index (χ4v) is 10.2. The Morgan fingerprint density at radius 2 is 1.30 bits per heavy atom. The molecule has 8 aromatic rings. The molecule has 3 heterocycles. The van der Waals surface area contributed by atoms with Crippen LogP contribution in [-0.4, -0.2) is 22.8 Å². The van der Waals surface area contributed by atoms with Gasteiger partial charge in [0.25, 0.3) is 0 Å². The number of ether oxygens (including phenoxy) is 1. The van der Waals surface area contributed by atoms with E-state index in [1.165, 1.54) is 49.7 Å². The molecule has 57 heavy (non-hydrogen) atoms. The zero-order valence-electron chi connectivity index (χ0n) is 31.1. The van der Waals surface area contributed by atoms with Gasteiger partial charge >= 0.3 is 0 Å². The Hall–Kier alpha value is -6.95. The third-order valence-corrected chi connectivity index (χ3v) is 12.6. The van der Waals surface area contributed by atoms with Gasteiger partial charge in [-0.05, 0) is 45.5 Å². The second kappa shape index (κ2) is 12.5. The van der Waals surface area contributed by atoms with E-state index in [1.54, 1.807) is 0 Å². The van der Waals surface area contributed by atoms with Crippen LogP contribution in [0.2, 0.25) is 0 Å². The Balaban J connectivity index is 1.16. The molecule has 4 atom stereocenters. The van der Waals surface area contributed by atoms with Gasteiger partial charge in [0, 0.05) is 33.4 Å². The van der Waals surface area contributed by atoms with Crippen molar-refractivity contribution < 1.29 is 4.74 Å². The monoisotopic (exact) mass is 734 g/mol. The van der Waals surface area contributed by atoms with E-state index >= 15 is 0 Å². The minimum absolute atomic E-state index is 0.124. The number of para-hydroxylation sites is 2. The van der Waals surface area contributed by atoms with Crippen LogP contribution >= 0.6 is 0 Å². The van der Waals surface area contributed by atoms with Gasteiger partial charge in [0.15, 0.2) is 0 Å². The smallest absolute Gasteiger partial charge is 0.206 e. The predicted molar refractivity (Wildman–Crippen MR) is 230 cm³/mol. The van der Waals surface area contributed by atoms with E-state index in [0.29, 0.717) is 0 Å². The van der Waals surface area contributed by atoms with Crippen LogP contribution in [0.25, 0.3) is 32.9 Å². The lowest BCUT2D eigenvalue weighted by Gasteiger charge is -2.37. The third kappa shape index (κ3) is 4.64. The van der Waals surface area contributed by atoms with Crippen molar-refractivity contribution in [2.24, 2.45) is 4.99 Å². The molecule has 5 nitrogen and oxygen atoms in total. The Labute approximate surface area is 331 Å². The topological polar surface area (TPSA) is 50.6 Å². The molecule has 12 rings (SSSR count). The van der Waals surface area contributed by atoms with E-state index < -0.39 is 5.41 Å². The van der Waals surface area contributed by atoms with Crippen molar-refractivity contribution in [2.45, 2.75) is 29.8 Å². The van der Waals surface area contributed by atoms with Gasteiger partial charge in [-0.25, -0.2) is 4.99 Å². The second-order valence-corrected chi connectivity index (χ2v) is 15.4. The molecule has 0 amide bonds. The quantitative estimate of drug-likeness (QED) is 0.189. The first-order valence-corrected chi connectivity index (χ1v) is 19.9. The molecule has 0 saturated heterocycles. The maximum atomic E-state index is 6.75. The molecule has 1 aromatic heterocycles. The van der Waals surface area contributed by atoms with Crippen molar-refractivity contribution in [1.29, 1.82) is 0 Å². The number of hydrogen-bond donors (Lipinski definition) is 2. The van der Waals surface area contributed by atoms with Crippen LogP contribution in [0, 0.1) is 0 Å². The Morgan fingerprint density at radius 3 is 2.11 bits per heavy atom. The summed E-state index contributed by atoms with van der Waals surface area (Å²) in [6, 6.07) is 63.6. The number of aromatic nitrogens is 1. The average molecular weight is 735 g/mol. The Morgan fingerprint density at radius 1 is 0.614 bits per heavy atom. The molecule has 0 fully saturated rings. The van der Waals surface area contributed by atoms with Gasteiger partial charge < -0.3 is 10.1 Å². The summed E-state index contributed by atoms with van der Waals surface area (Å²) in [5, 5.41) is 10.2. The molecule has 7 aromatic carbocycles. The van der Waals surface area contributed by atoms with E-state index in [9.17, 15) is 0 Å². The first kappa shape index (κ1) is 32.3. The van der Waals surface area contributed by atoms with Gasteiger partial charge in [0.2, 0.25) is 5.96 Å². The van der Waals surface area contributed by atoms with E-state index in [4.69, 9.17) is 9.73 Å². The van der Waals surface area contributed by atoms with Crippen LogP contribution in [0.3, 0.4) is 0 Å². The first-order valence-electron chi connectivity index (χ1n) is 19.9. The summed E-state index contributed by atoms with van der Waals surface area (Å²) < 4.78 is 9.17. The summed E-state index contributed by atoms with van der Waals surface area (Å²) in [7, 11) is 0. The van der Waals surface area contributed by atoms with Crippen LogP contribution in [0.15, 0.2) is 205 Å². The molecule has 0 radical (unpaired) electrons. The highest BCUT2D eigenvalue weighted by molar-refractivity contribution is 6.17. The molecule has 4 unspecified atom stereocenters. The summed E-state index contributed by atoms with van der Waals surface area (Å²) in [5.41, 5.74) is 12.6. The summed E-state index contributed by atoms with van der Waals surface area (Å²) in [5.74, 6) is 1.86. The van der Waals surface area contributed by atoms with Gasteiger partial charge in [0.05, 0.1) is 16.4 Å². The molecular formula is C52H38N4O. The van der Waals surface area contributed by atoms with Crippen LogP contribution in [0.4, 0.5) is 0 Å². The minimum atomic E-state index is -0.598. The molecule has 2 N–H and O–H groups in total. The summed E-state index contributed by atoms with van der Waals surface area (Å²) >= 11 is 0. The number of allylic oxidation sites excluding steroid dienone is 2. The normalized spacial score (nSPS) is 21.1. The number of nitrogens with one attached hydrogen (secondary N) is 2. The van der Waals surface area contributed by atoms with Crippen molar-refractivity contribution in [2.75, 3.05) is 0 Å². The zero-order valence-corrected chi connectivity index (χ0v) is 31.1. The molecule has 2 aliphatic carbocycles. The van der Waals surface area contributed by atoms with Crippen LogP contribution in [-0.2, 0) is 5.41 Å². The lowest BCUT2D eigenvalue weighted by Crippen LogP contribution is -2.52. The van der Waals surface area contributed by atoms with Gasteiger partial charge in [-0.1, -0.05) is 182 Å². The summed E-state index contributed by atoms with van der Waals surface area (Å²) in [4.78, 5) is 5.69. The third-order valence-electron chi connectivity index (χ3n) is 12.6. The van der Waals surface area contributed by atoms with Crippen molar-refractivity contribution in [3.63, 3.8) is 0 Å². The van der Waals surface area contributed by atoms with Crippen molar-refractivity contribution in [3.8, 4) is 16.9 Å². The highest BCUT2D eigenvalue weighted by atomic mass is 16.5. The largest absolute Gasteiger partial charge is 0.485 e. The van der Waals surface area contributed by atoms with Crippen LogP contribution in [0.1, 0.15) is 45.5 Å². The molecule has 2 aliphatic heterocycles. The summed E-state index contributed by atoms with van der Waals surface area (Å²) in [6.45, 7) is 0. The van der Waals surface area contributed by atoms with Gasteiger partial charge in [-0.2, -0.15) is 0 Å². The lowest BCUT2D eigenvalue weighted by molar-refractivity contribution is 0.237. The van der Waals surface area contributed by atoms with Crippen molar-refractivity contribution in [1.82, 2.24) is 15.2 Å².